The molecule has 3 heteroatoms. The van der Waals surface area contributed by atoms with Gasteiger partial charge in [-0.3, -0.25) is 0 Å². The van der Waals surface area contributed by atoms with Crippen molar-refractivity contribution >= 4 is 34.0 Å². The van der Waals surface area contributed by atoms with Gasteiger partial charge in [0.05, 0.1) is 0 Å². The van der Waals surface area contributed by atoms with E-state index in [-0.39, 0.29) is 0 Å². The second kappa shape index (κ2) is 5.37. The van der Waals surface area contributed by atoms with Crippen LogP contribution < -0.4 is 5.32 Å². The van der Waals surface area contributed by atoms with Crippen LogP contribution in [0.2, 0.25) is 0 Å². The van der Waals surface area contributed by atoms with Crippen molar-refractivity contribution in [1.82, 2.24) is 0 Å². The Hall–Kier alpha value is -0.540. The van der Waals surface area contributed by atoms with E-state index in [0.717, 1.165) is 10.0 Å². The number of thioether (sulfide) groups is 1. The molecule has 0 aliphatic heterocycles. The molecule has 1 rings (SSSR count). The third kappa shape index (κ3) is 4.11. The molecular formula is C11H15NS2. The molecule has 0 aliphatic rings. The molecule has 0 aliphatic carbocycles. The fourth-order valence-corrected chi connectivity index (χ4v) is 2.30. The molecule has 0 amide bonds. The van der Waals surface area contributed by atoms with Crippen LogP contribution in [0.3, 0.4) is 0 Å². The zero-order chi connectivity index (χ0) is 10.6. The van der Waals surface area contributed by atoms with Crippen molar-refractivity contribution in [3.05, 3.63) is 29.8 Å². The van der Waals surface area contributed by atoms with Gasteiger partial charge in [-0.2, -0.15) is 0 Å². The number of hydrogen-bond acceptors (Lipinski definition) is 2. The van der Waals surface area contributed by atoms with Gasteiger partial charge in [0.15, 0.2) is 0 Å². The van der Waals surface area contributed by atoms with Gasteiger partial charge in [0.2, 0.25) is 0 Å². The van der Waals surface area contributed by atoms with Crippen LogP contribution in [0.5, 0.6) is 0 Å². The largest absolute Gasteiger partial charge is 0.341 e. The SMILES string of the molecule is Cc1ccc(NC(=S)SC(C)C)cc1. The first-order chi connectivity index (χ1) is 6.58. The van der Waals surface area contributed by atoms with E-state index in [0.29, 0.717) is 5.25 Å². The number of benzene rings is 1. The predicted molar refractivity (Wildman–Crippen MR) is 70.1 cm³/mol. The summed E-state index contributed by atoms with van der Waals surface area (Å²) in [6, 6.07) is 8.24. The number of thiocarbonyl (C=S) groups is 1. The van der Waals surface area contributed by atoms with Crippen LogP contribution in [0.25, 0.3) is 0 Å². The number of aryl methyl sites for hydroxylation is 1. The molecule has 1 aromatic rings. The first-order valence-corrected chi connectivity index (χ1v) is 5.91. The van der Waals surface area contributed by atoms with Crippen molar-refractivity contribution in [2.75, 3.05) is 5.32 Å². The molecule has 0 saturated heterocycles. The Morgan fingerprint density at radius 2 is 1.86 bits per heavy atom. The molecule has 0 spiro atoms. The standard InChI is InChI=1S/C11H15NS2/c1-8(2)14-11(13)12-10-6-4-9(3)5-7-10/h4-8H,1-3H3,(H,12,13). The molecule has 1 N–H and O–H groups in total. The van der Waals surface area contributed by atoms with Crippen LogP contribution in [0.1, 0.15) is 19.4 Å². The Labute approximate surface area is 95.3 Å². The highest BCUT2D eigenvalue weighted by atomic mass is 32.2. The lowest BCUT2D eigenvalue weighted by atomic mass is 10.2. The zero-order valence-corrected chi connectivity index (χ0v) is 10.3. The van der Waals surface area contributed by atoms with Crippen LogP contribution in [0.4, 0.5) is 5.69 Å². The molecule has 0 unspecified atom stereocenters. The summed E-state index contributed by atoms with van der Waals surface area (Å²) in [6.07, 6.45) is 0. The lowest BCUT2D eigenvalue weighted by Gasteiger charge is -2.09. The van der Waals surface area contributed by atoms with Gasteiger partial charge in [-0.05, 0) is 19.1 Å². The van der Waals surface area contributed by atoms with E-state index in [2.05, 4.69) is 38.2 Å². The Bertz CT molecular complexity index is 304. The number of nitrogens with one attached hydrogen (secondary N) is 1. The fraction of sp³-hybridized carbons (Fsp3) is 0.364. The first-order valence-electron chi connectivity index (χ1n) is 4.62. The molecule has 0 heterocycles. The lowest BCUT2D eigenvalue weighted by Crippen LogP contribution is -2.07. The van der Waals surface area contributed by atoms with Crippen LogP contribution in [-0.2, 0) is 0 Å². The highest BCUT2D eigenvalue weighted by Gasteiger charge is 2.01. The van der Waals surface area contributed by atoms with Crippen LogP contribution >= 0.6 is 24.0 Å². The van der Waals surface area contributed by atoms with Gasteiger partial charge in [0, 0.05) is 10.9 Å². The minimum Gasteiger partial charge on any atom is -0.341 e. The minimum absolute atomic E-state index is 0.528. The topological polar surface area (TPSA) is 12.0 Å². The molecule has 0 saturated carbocycles. The average molecular weight is 225 g/mol. The van der Waals surface area contributed by atoms with E-state index in [1.807, 2.05) is 12.1 Å². The van der Waals surface area contributed by atoms with Crippen molar-refractivity contribution in [2.45, 2.75) is 26.0 Å². The molecule has 14 heavy (non-hydrogen) atoms. The molecule has 0 radical (unpaired) electrons. The maximum absolute atomic E-state index is 5.20. The Kier molecular flexibility index (Phi) is 4.42. The number of hydrogen-bond donors (Lipinski definition) is 1. The highest BCUT2D eigenvalue weighted by Crippen LogP contribution is 2.16. The molecule has 0 bridgehead atoms. The van der Waals surface area contributed by atoms with E-state index < -0.39 is 0 Å². The van der Waals surface area contributed by atoms with E-state index in [1.165, 1.54) is 5.56 Å². The number of anilines is 1. The van der Waals surface area contributed by atoms with Crippen LogP contribution in [0, 0.1) is 6.92 Å². The molecule has 0 atom stereocenters. The van der Waals surface area contributed by atoms with Gasteiger partial charge < -0.3 is 5.32 Å². The van der Waals surface area contributed by atoms with Gasteiger partial charge in [0.1, 0.15) is 4.32 Å². The maximum Gasteiger partial charge on any atom is 0.138 e. The Morgan fingerprint density at radius 3 is 2.36 bits per heavy atom. The fourth-order valence-electron chi connectivity index (χ4n) is 0.998. The maximum atomic E-state index is 5.20. The first kappa shape index (κ1) is 11.5. The molecule has 1 aromatic carbocycles. The van der Waals surface area contributed by atoms with E-state index in [1.54, 1.807) is 11.8 Å². The predicted octanol–water partition coefficient (Wildman–Crippen LogP) is 3.83. The van der Waals surface area contributed by atoms with Crippen molar-refractivity contribution < 1.29 is 0 Å². The summed E-state index contributed by atoms with van der Waals surface area (Å²) < 4.78 is 0.837. The Balaban J connectivity index is 2.52. The van der Waals surface area contributed by atoms with Gasteiger partial charge in [-0.25, -0.2) is 0 Å². The van der Waals surface area contributed by atoms with Crippen LogP contribution in [0.15, 0.2) is 24.3 Å². The summed E-state index contributed by atoms with van der Waals surface area (Å²) in [4.78, 5) is 0. The highest BCUT2D eigenvalue weighted by molar-refractivity contribution is 8.23. The van der Waals surface area contributed by atoms with Gasteiger partial charge in [-0.1, -0.05) is 55.5 Å². The second-order valence-electron chi connectivity index (χ2n) is 3.45. The van der Waals surface area contributed by atoms with Crippen molar-refractivity contribution in [3.63, 3.8) is 0 Å². The molecule has 0 aromatic heterocycles. The minimum atomic E-state index is 0.528. The summed E-state index contributed by atoms with van der Waals surface area (Å²) in [5.74, 6) is 0. The molecular weight excluding hydrogens is 210 g/mol. The quantitative estimate of drug-likeness (QED) is 0.768. The smallest absolute Gasteiger partial charge is 0.138 e. The summed E-state index contributed by atoms with van der Waals surface area (Å²) in [5.41, 5.74) is 2.33. The Morgan fingerprint density at radius 1 is 1.29 bits per heavy atom. The lowest BCUT2D eigenvalue weighted by molar-refractivity contribution is 1.12. The molecule has 1 nitrogen and oxygen atoms in total. The number of rotatable bonds is 2. The summed E-state index contributed by atoms with van der Waals surface area (Å²) in [5, 5.41) is 3.72. The molecule has 76 valence electrons. The summed E-state index contributed by atoms with van der Waals surface area (Å²) >= 11 is 6.87. The van der Waals surface area contributed by atoms with Crippen molar-refractivity contribution in [3.8, 4) is 0 Å². The summed E-state index contributed by atoms with van der Waals surface area (Å²) in [6.45, 7) is 6.34. The second-order valence-corrected chi connectivity index (χ2v) is 5.70. The van der Waals surface area contributed by atoms with E-state index in [9.17, 15) is 0 Å². The normalized spacial score (nSPS) is 10.3. The van der Waals surface area contributed by atoms with Crippen molar-refractivity contribution in [1.29, 1.82) is 0 Å². The zero-order valence-electron chi connectivity index (χ0n) is 8.70. The van der Waals surface area contributed by atoms with Gasteiger partial charge in [-0.15, -0.1) is 0 Å². The third-order valence-electron chi connectivity index (χ3n) is 1.64. The van der Waals surface area contributed by atoms with Gasteiger partial charge >= 0.3 is 0 Å². The monoisotopic (exact) mass is 225 g/mol. The van der Waals surface area contributed by atoms with Crippen molar-refractivity contribution in [2.24, 2.45) is 0 Å². The van der Waals surface area contributed by atoms with Gasteiger partial charge in [0.25, 0.3) is 0 Å². The van der Waals surface area contributed by atoms with Crippen LogP contribution in [-0.4, -0.2) is 9.57 Å². The van der Waals surface area contributed by atoms with E-state index >= 15 is 0 Å². The van der Waals surface area contributed by atoms with E-state index in [4.69, 9.17) is 12.2 Å². The summed E-state index contributed by atoms with van der Waals surface area (Å²) in [7, 11) is 0. The third-order valence-corrected chi connectivity index (χ3v) is 2.82. The molecule has 0 fully saturated rings. The average Bonchev–Trinajstić information content (AvgIpc) is 2.07.